The van der Waals surface area contributed by atoms with Crippen LogP contribution in [0.4, 0.5) is 0 Å². The minimum Gasteiger partial charge on any atom is -0.497 e. The molecule has 2 heterocycles. The third kappa shape index (κ3) is 3.29. The van der Waals surface area contributed by atoms with E-state index in [2.05, 4.69) is 11.9 Å². The standard InChI is InChI=1S/C19H17N3O3S/c1-3-10-22-18(24)16(17(23)20-19(22)26)12-14-5-4-11-21(14)13-6-8-15(25-2)9-7-13/h3-9,11-12H,1,10H2,2H3,(H,20,23,26)/b16-12+. The molecule has 7 heteroatoms. The molecule has 0 atom stereocenters. The zero-order chi connectivity index (χ0) is 18.7. The van der Waals surface area contributed by atoms with Gasteiger partial charge in [0, 0.05) is 24.1 Å². The topological polar surface area (TPSA) is 63.6 Å². The molecule has 3 rings (SSSR count). The summed E-state index contributed by atoms with van der Waals surface area (Å²) in [7, 11) is 1.60. The summed E-state index contributed by atoms with van der Waals surface area (Å²) >= 11 is 5.05. The number of amides is 2. The van der Waals surface area contributed by atoms with Gasteiger partial charge in [-0.15, -0.1) is 6.58 Å². The largest absolute Gasteiger partial charge is 0.497 e. The fraction of sp³-hybridized carbons (Fsp3) is 0.105. The van der Waals surface area contributed by atoms with Crippen molar-refractivity contribution in [2.45, 2.75) is 0 Å². The summed E-state index contributed by atoms with van der Waals surface area (Å²) in [5, 5.41) is 2.62. The molecule has 6 nitrogen and oxygen atoms in total. The molecule has 132 valence electrons. The molecule has 0 unspecified atom stereocenters. The Bertz CT molecular complexity index is 912. The second-order valence-corrected chi connectivity index (χ2v) is 5.91. The predicted octanol–water partition coefficient (Wildman–Crippen LogP) is 2.30. The Morgan fingerprint density at radius 3 is 2.62 bits per heavy atom. The Labute approximate surface area is 156 Å². The molecular weight excluding hydrogens is 350 g/mol. The number of nitrogens with one attached hydrogen (secondary N) is 1. The van der Waals surface area contributed by atoms with Gasteiger partial charge in [-0.25, -0.2) is 0 Å². The number of nitrogens with zero attached hydrogens (tertiary/aromatic N) is 2. The van der Waals surface area contributed by atoms with Crippen LogP contribution in [0.25, 0.3) is 11.8 Å². The second kappa shape index (κ2) is 7.37. The average Bonchev–Trinajstić information content (AvgIpc) is 3.10. The predicted molar refractivity (Wildman–Crippen MR) is 103 cm³/mol. The van der Waals surface area contributed by atoms with Crippen molar-refractivity contribution in [1.29, 1.82) is 0 Å². The highest BCUT2D eigenvalue weighted by molar-refractivity contribution is 7.80. The molecule has 1 N–H and O–H groups in total. The van der Waals surface area contributed by atoms with Crippen LogP contribution < -0.4 is 10.1 Å². The number of carbonyl (C=O) groups excluding carboxylic acids is 2. The number of hydrogen-bond donors (Lipinski definition) is 1. The van der Waals surface area contributed by atoms with Gasteiger partial charge in [0.05, 0.1) is 7.11 Å². The summed E-state index contributed by atoms with van der Waals surface area (Å²) in [6, 6.07) is 11.1. The number of benzene rings is 1. The first-order valence-electron chi connectivity index (χ1n) is 7.86. The lowest BCUT2D eigenvalue weighted by molar-refractivity contribution is -0.128. The Morgan fingerprint density at radius 2 is 1.96 bits per heavy atom. The minimum absolute atomic E-state index is 0.0221. The monoisotopic (exact) mass is 367 g/mol. The van der Waals surface area contributed by atoms with Crippen LogP contribution in [0.15, 0.2) is 60.8 Å². The SMILES string of the molecule is C=CCN1C(=O)/C(=C/c2cccn2-c2ccc(OC)cc2)C(=O)NC1=S. The molecule has 0 saturated carbocycles. The maximum Gasteiger partial charge on any atom is 0.266 e. The van der Waals surface area contributed by atoms with E-state index < -0.39 is 11.8 Å². The van der Waals surface area contributed by atoms with Crippen molar-refractivity contribution in [1.82, 2.24) is 14.8 Å². The van der Waals surface area contributed by atoms with Crippen molar-refractivity contribution in [3.8, 4) is 11.4 Å². The second-order valence-electron chi connectivity index (χ2n) is 5.52. The Hall–Kier alpha value is -3.19. The first kappa shape index (κ1) is 17.6. The molecule has 2 aromatic rings. The van der Waals surface area contributed by atoms with Gasteiger partial charge in [0.2, 0.25) is 0 Å². The van der Waals surface area contributed by atoms with E-state index in [9.17, 15) is 9.59 Å². The lowest BCUT2D eigenvalue weighted by Gasteiger charge is -2.27. The Balaban J connectivity index is 1.98. The van der Waals surface area contributed by atoms with Crippen LogP contribution >= 0.6 is 12.2 Å². The number of carbonyl (C=O) groups is 2. The van der Waals surface area contributed by atoms with Crippen molar-refractivity contribution >= 4 is 35.2 Å². The normalized spacial score (nSPS) is 16.0. The number of methoxy groups -OCH3 is 1. The summed E-state index contributed by atoms with van der Waals surface area (Å²) < 4.78 is 7.04. The van der Waals surface area contributed by atoms with Gasteiger partial charge in [-0.05, 0) is 54.7 Å². The zero-order valence-corrected chi connectivity index (χ0v) is 15.0. The van der Waals surface area contributed by atoms with Gasteiger partial charge < -0.3 is 9.30 Å². The fourth-order valence-electron chi connectivity index (χ4n) is 2.63. The summed E-state index contributed by atoms with van der Waals surface area (Å²) in [5.74, 6) is -0.208. The highest BCUT2D eigenvalue weighted by Gasteiger charge is 2.32. The van der Waals surface area contributed by atoms with Crippen LogP contribution in [-0.4, -0.2) is 40.0 Å². The maximum atomic E-state index is 12.6. The van der Waals surface area contributed by atoms with Crippen LogP contribution in [0.3, 0.4) is 0 Å². The van der Waals surface area contributed by atoms with Crippen LogP contribution in [0, 0.1) is 0 Å². The van der Waals surface area contributed by atoms with Gasteiger partial charge >= 0.3 is 0 Å². The van der Waals surface area contributed by atoms with Crippen molar-refractivity contribution in [3.05, 3.63) is 66.5 Å². The molecule has 1 fully saturated rings. The molecule has 0 bridgehead atoms. The van der Waals surface area contributed by atoms with Gasteiger partial charge in [0.15, 0.2) is 5.11 Å². The first-order valence-corrected chi connectivity index (χ1v) is 8.27. The molecule has 0 aliphatic carbocycles. The number of hydrogen-bond acceptors (Lipinski definition) is 4. The van der Waals surface area contributed by atoms with Gasteiger partial charge in [-0.2, -0.15) is 0 Å². The van der Waals surface area contributed by atoms with Crippen molar-refractivity contribution < 1.29 is 14.3 Å². The van der Waals surface area contributed by atoms with Gasteiger partial charge in [0.1, 0.15) is 11.3 Å². The van der Waals surface area contributed by atoms with Crippen molar-refractivity contribution in [2.24, 2.45) is 0 Å². The highest BCUT2D eigenvalue weighted by atomic mass is 32.1. The Morgan fingerprint density at radius 1 is 1.23 bits per heavy atom. The number of aromatic nitrogens is 1. The number of ether oxygens (including phenoxy) is 1. The Kier molecular flexibility index (Phi) is 4.99. The molecule has 2 amide bonds. The molecule has 1 aromatic carbocycles. The van der Waals surface area contributed by atoms with E-state index in [1.54, 1.807) is 19.3 Å². The smallest absolute Gasteiger partial charge is 0.266 e. The molecule has 0 spiro atoms. The average molecular weight is 367 g/mol. The lowest BCUT2D eigenvalue weighted by Crippen LogP contribution is -2.53. The van der Waals surface area contributed by atoms with Crippen LogP contribution in [0.5, 0.6) is 5.75 Å². The molecular formula is C19H17N3O3S. The van der Waals surface area contributed by atoms with E-state index >= 15 is 0 Å². The summed E-state index contributed by atoms with van der Waals surface area (Å²) in [5.41, 5.74) is 1.60. The van der Waals surface area contributed by atoms with Gasteiger partial charge in [-0.3, -0.25) is 19.8 Å². The van der Waals surface area contributed by atoms with E-state index in [4.69, 9.17) is 17.0 Å². The molecule has 1 saturated heterocycles. The van der Waals surface area contributed by atoms with Crippen molar-refractivity contribution in [2.75, 3.05) is 13.7 Å². The third-order valence-electron chi connectivity index (χ3n) is 3.92. The van der Waals surface area contributed by atoms with E-state index in [1.165, 1.54) is 4.90 Å². The van der Waals surface area contributed by atoms with Crippen LogP contribution in [0.2, 0.25) is 0 Å². The fourth-order valence-corrected chi connectivity index (χ4v) is 2.88. The number of thiocarbonyl (C=S) groups is 1. The van der Waals surface area contributed by atoms with Gasteiger partial charge in [-0.1, -0.05) is 6.08 Å². The molecule has 1 aliphatic rings. The summed E-state index contributed by atoms with van der Waals surface area (Å²) in [6.07, 6.45) is 4.96. The van der Waals surface area contributed by atoms with Gasteiger partial charge in [0.25, 0.3) is 11.8 Å². The first-order chi connectivity index (χ1) is 12.5. The molecule has 0 radical (unpaired) electrons. The van der Waals surface area contributed by atoms with Crippen molar-refractivity contribution in [3.63, 3.8) is 0 Å². The highest BCUT2D eigenvalue weighted by Crippen LogP contribution is 2.20. The van der Waals surface area contributed by atoms with E-state index in [0.717, 1.165) is 11.4 Å². The van der Waals surface area contributed by atoms with E-state index in [1.807, 2.05) is 47.2 Å². The van der Waals surface area contributed by atoms with E-state index in [-0.39, 0.29) is 17.2 Å². The van der Waals surface area contributed by atoms with Crippen LogP contribution in [-0.2, 0) is 9.59 Å². The molecule has 1 aliphatic heterocycles. The summed E-state index contributed by atoms with van der Waals surface area (Å²) in [4.78, 5) is 26.2. The van der Waals surface area contributed by atoms with E-state index in [0.29, 0.717) is 5.69 Å². The quantitative estimate of drug-likeness (QED) is 0.381. The maximum absolute atomic E-state index is 12.6. The lowest BCUT2D eigenvalue weighted by atomic mass is 10.1. The molecule has 26 heavy (non-hydrogen) atoms. The number of rotatable bonds is 5. The zero-order valence-electron chi connectivity index (χ0n) is 14.1. The van der Waals surface area contributed by atoms with Crippen LogP contribution in [0.1, 0.15) is 5.69 Å². The third-order valence-corrected chi connectivity index (χ3v) is 4.24. The molecule has 1 aromatic heterocycles. The summed E-state index contributed by atoms with van der Waals surface area (Å²) in [6.45, 7) is 3.84. The minimum atomic E-state index is -0.511.